The number of hydrogen-bond acceptors (Lipinski definition) is 24. The first-order valence-corrected chi connectivity index (χ1v) is 34.2. The van der Waals surface area contributed by atoms with Gasteiger partial charge in [0.1, 0.15) is 76.7 Å². The summed E-state index contributed by atoms with van der Waals surface area (Å²) in [5.74, 6) is -5.54. The number of ether oxygens (including phenoxy) is 1. The third-order valence-corrected chi connectivity index (χ3v) is 21.9. The molecule has 2 aromatic carbocycles. The first-order valence-electron chi connectivity index (χ1n) is 28.9. The molecule has 2 fully saturated rings. The summed E-state index contributed by atoms with van der Waals surface area (Å²) in [7, 11) is 1.37. The predicted molar refractivity (Wildman–Crippen MR) is 343 cm³/mol. The highest BCUT2D eigenvalue weighted by Gasteiger charge is 2.46. The molecule has 3 aliphatic rings. The summed E-state index contributed by atoms with van der Waals surface area (Å²) in [5.41, 5.74) is 9.09. The van der Waals surface area contributed by atoms with Gasteiger partial charge in [0.2, 0.25) is 11.8 Å². The van der Waals surface area contributed by atoms with E-state index in [-0.39, 0.29) is 88.2 Å². The highest BCUT2D eigenvalue weighted by molar-refractivity contribution is 7.15. The summed E-state index contributed by atoms with van der Waals surface area (Å²) in [6.07, 6.45) is -0.626. The third-order valence-electron chi connectivity index (χ3n) is 16.3. The van der Waals surface area contributed by atoms with Gasteiger partial charge in [-0.05, 0) is 68.0 Å². The molecule has 12 rings (SSSR count). The average molecular weight is 1340 g/mol. The van der Waals surface area contributed by atoms with E-state index in [9.17, 15) is 44.1 Å². The van der Waals surface area contributed by atoms with Crippen molar-refractivity contribution >= 4 is 109 Å². The molecular weight excluding hydrogens is 1280 g/mol. The van der Waals surface area contributed by atoms with Crippen molar-refractivity contribution in [1.29, 1.82) is 0 Å². The van der Waals surface area contributed by atoms with Crippen LogP contribution in [0, 0.1) is 18.8 Å². The molecule has 29 heteroatoms. The fourth-order valence-electron chi connectivity index (χ4n) is 11.5. The highest BCUT2D eigenvalue weighted by atomic mass is 32.1. The maximum absolute atomic E-state index is 15.2. The number of thiazole rings is 6. The van der Waals surface area contributed by atoms with Crippen molar-refractivity contribution in [3.05, 3.63) is 147 Å². The number of carbonyl (C=O) groups is 7. The Kier molecular flexibility index (Phi) is 18.5. The molecule has 91 heavy (non-hydrogen) atoms. The number of fused-ring (bicyclic) bond motifs is 16. The number of aromatic nitrogens is 7. The molecule has 10 bridgehead atoms. The van der Waals surface area contributed by atoms with E-state index in [0.717, 1.165) is 34.0 Å². The minimum Gasteiger partial charge on any atom is -0.508 e. The summed E-state index contributed by atoms with van der Waals surface area (Å²) < 4.78 is 4.93. The van der Waals surface area contributed by atoms with Crippen molar-refractivity contribution in [2.24, 2.45) is 17.6 Å². The molecule has 7 atom stereocenters. The number of nitrogens with one attached hydrogen (secondary N) is 3. The standard InChI is InChI=1S/C62H58N12O11S6/c1-28-46(77)22-74-50(28)60-72-44(27-90-60)58-68-40(23-88-58)49-35(17-18-37(65-49)57-71-41(26-89-57)52(80)64-33-13-11-32(12-14-33)62(84)85-3)55-69-42(24-86-55)53(81)66-38(21-47(63)78)59-73-48(29(2)91-59)45(76)20-36(51(79)31-7-5-4-6-8-31)56-70-43(25-87-56)54(82)67-39(61(74)83)19-30-9-15-34(75)16-10-30/h4-10,15-18,23-28,32-33,36,38-39,46,50-51,75,77,79H,11-14,19-22H2,1-3H3,(H2,63,78)(H,64,80)(H,66,81)(H,67,82)/t28-,32?,33?,36-,38-,39-,46-,50-,51+/m0/s1. The Hall–Kier alpha value is -8.42. The number of hydrogen-bond donors (Lipinski definition) is 7. The summed E-state index contributed by atoms with van der Waals surface area (Å²) >= 11 is 7.06. The van der Waals surface area contributed by atoms with Crippen LogP contribution in [0.15, 0.2) is 93.6 Å². The number of rotatable bonds is 10. The number of aliphatic hydroxyl groups is 2. The predicted octanol–water partition coefficient (Wildman–Crippen LogP) is 8.64. The summed E-state index contributed by atoms with van der Waals surface area (Å²) in [5, 5.41) is 53.2. The molecule has 0 radical (unpaired) electrons. The maximum Gasteiger partial charge on any atom is 0.308 e. The Balaban J connectivity index is 0.925. The SMILES string of the molecule is COC(=O)C1CCC(NC(=O)c2csc(-c3ccc4c(n3)-c3csc(n3)-c3csc(n3)[C@@H]3[C@@H](C)[C@@H](O)CN3C(=O)[C@H](Cc3ccc(O)cc3)NC(=O)c3csc(n3)[C@H]([C@H](O)c3ccccc3)CC(=O)c3nc(sc3C)[C@H](CC(N)=O)NC(=O)c3csc-4n3)n2)CC1. The largest absolute Gasteiger partial charge is 0.508 e. The quantitative estimate of drug-likeness (QED) is 0.0630. The van der Waals surface area contributed by atoms with Gasteiger partial charge in [-0.1, -0.05) is 49.4 Å². The fourth-order valence-corrected chi connectivity index (χ4v) is 16.8. The number of methoxy groups -OCH3 is 1. The Morgan fingerprint density at radius 3 is 2.11 bits per heavy atom. The first-order chi connectivity index (χ1) is 43.8. The minimum absolute atomic E-state index is 0.000467. The number of nitrogens with two attached hydrogens (primary N) is 1. The smallest absolute Gasteiger partial charge is 0.308 e. The van der Waals surface area contributed by atoms with E-state index >= 15 is 4.79 Å². The van der Waals surface area contributed by atoms with Crippen LogP contribution in [0.1, 0.15) is 143 Å². The van der Waals surface area contributed by atoms with Crippen LogP contribution in [0.2, 0.25) is 0 Å². The second kappa shape index (κ2) is 26.8. The van der Waals surface area contributed by atoms with Crippen molar-refractivity contribution in [3.63, 3.8) is 0 Å². The number of phenolic OH excluding ortho intramolecular Hbond substituents is 1. The zero-order valence-electron chi connectivity index (χ0n) is 48.8. The second-order valence-electron chi connectivity index (χ2n) is 22.4. The van der Waals surface area contributed by atoms with E-state index < -0.39 is 71.6 Å². The lowest BCUT2D eigenvalue weighted by Gasteiger charge is -2.29. The molecule has 7 aromatic heterocycles. The minimum atomic E-state index is -1.30. The van der Waals surface area contributed by atoms with Crippen molar-refractivity contribution in [1.82, 2.24) is 55.7 Å². The van der Waals surface area contributed by atoms with Crippen LogP contribution in [0.25, 0.3) is 43.4 Å². The van der Waals surface area contributed by atoms with Crippen LogP contribution in [0.3, 0.4) is 0 Å². The van der Waals surface area contributed by atoms with E-state index in [1.165, 1.54) is 63.5 Å². The molecule has 9 heterocycles. The molecule has 1 aliphatic carbocycles. The van der Waals surface area contributed by atoms with Crippen LogP contribution in [-0.4, -0.2) is 128 Å². The number of benzene rings is 2. The first kappa shape index (κ1) is 62.8. The molecule has 468 valence electrons. The van der Waals surface area contributed by atoms with Crippen molar-refractivity contribution in [2.45, 2.75) is 101 Å². The summed E-state index contributed by atoms with van der Waals surface area (Å²) in [6.45, 7) is 3.41. The number of amides is 5. The second-order valence-corrected chi connectivity index (χ2v) is 28.0. The number of primary amides is 1. The Morgan fingerprint density at radius 2 is 1.36 bits per heavy atom. The molecule has 23 nitrogen and oxygen atoms in total. The van der Waals surface area contributed by atoms with Crippen LogP contribution >= 0.6 is 68.0 Å². The average Bonchev–Trinajstić information content (AvgIpc) is 1.69. The Labute approximate surface area is 543 Å². The van der Waals surface area contributed by atoms with Gasteiger partial charge in [-0.15, -0.1) is 68.0 Å². The zero-order valence-corrected chi connectivity index (χ0v) is 53.7. The number of esters is 1. The van der Waals surface area contributed by atoms with Crippen molar-refractivity contribution < 1.29 is 53.6 Å². The summed E-state index contributed by atoms with van der Waals surface area (Å²) in [6, 6.07) is 15.2. The van der Waals surface area contributed by atoms with E-state index in [1.54, 1.807) is 77.7 Å². The molecule has 1 saturated carbocycles. The molecule has 1 saturated heterocycles. The number of Topliss-reactive ketones (excluding diaryl/α,β-unsaturated/α-hetero) is 1. The highest BCUT2D eigenvalue weighted by Crippen LogP contribution is 2.44. The van der Waals surface area contributed by atoms with Crippen LogP contribution in [-0.2, 0) is 25.5 Å². The van der Waals surface area contributed by atoms with E-state index in [2.05, 4.69) is 16.0 Å². The maximum atomic E-state index is 15.2. The summed E-state index contributed by atoms with van der Waals surface area (Å²) in [4.78, 5) is 133. The van der Waals surface area contributed by atoms with Gasteiger partial charge in [0.05, 0.1) is 54.4 Å². The Morgan fingerprint density at radius 1 is 0.714 bits per heavy atom. The van der Waals surface area contributed by atoms with E-state index in [0.29, 0.717) is 90.1 Å². The fraction of sp³-hybridized carbons (Fsp3) is 0.323. The molecule has 2 aliphatic heterocycles. The lowest BCUT2D eigenvalue weighted by molar-refractivity contribution is -0.146. The number of phenols is 1. The van der Waals surface area contributed by atoms with Gasteiger partial charge in [-0.25, -0.2) is 34.9 Å². The molecule has 5 amide bonds. The molecule has 0 unspecified atom stereocenters. The molecule has 0 spiro atoms. The third kappa shape index (κ3) is 13.5. The normalized spacial score (nSPS) is 21.7. The number of pyridine rings is 1. The van der Waals surface area contributed by atoms with Gasteiger partial charge < -0.3 is 46.6 Å². The zero-order chi connectivity index (χ0) is 63.8. The van der Waals surface area contributed by atoms with Crippen molar-refractivity contribution in [3.8, 4) is 49.1 Å². The molecule has 9 aromatic rings. The van der Waals surface area contributed by atoms with E-state index in [4.69, 9.17) is 45.4 Å². The number of ketones is 1. The van der Waals surface area contributed by atoms with Gasteiger partial charge in [-0.3, -0.25) is 33.6 Å². The van der Waals surface area contributed by atoms with Gasteiger partial charge >= 0.3 is 5.97 Å². The van der Waals surface area contributed by atoms with Crippen LogP contribution < -0.4 is 21.7 Å². The van der Waals surface area contributed by atoms with Gasteiger partial charge in [-0.2, -0.15) is 0 Å². The van der Waals surface area contributed by atoms with Gasteiger partial charge in [0, 0.05) is 74.6 Å². The van der Waals surface area contributed by atoms with Gasteiger partial charge in [0.15, 0.2) is 5.78 Å². The van der Waals surface area contributed by atoms with Gasteiger partial charge in [0.25, 0.3) is 17.7 Å². The number of aromatic hydroxyl groups is 1. The number of aliphatic hydroxyl groups excluding tert-OH is 2. The number of nitrogens with zero attached hydrogens (tertiary/aromatic N) is 8. The van der Waals surface area contributed by atoms with Crippen molar-refractivity contribution in [2.75, 3.05) is 13.7 Å². The Bertz CT molecular complexity index is 4230. The lowest BCUT2D eigenvalue weighted by atomic mass is 9.86. The van der Waals surface area contributed by atoms with Crippen LogP contribution in [0.4, 0.5) is 0 Å². The number of carbonyl (C=O) groups excluding carboxylic acids is 7. The topological polar surface area (TPSA) is 345 Å². The van der Waals surface area contributed by atoms with Crippen LogP contribution in [0.5, 0.6) is 5.75 Å². The lowest BCUT2D eigenvalue weighted by Crippen LogP contribution is -2.50. The van der Waals surface area contributed by atoms with E-state index in [1.807, 2.05) is 12.3 Å². The molecule has 8 N–H and O–H groups in total. The molecular formula is C62H58N12O11S6. The monoisotopic (exact) mass is 1340 g/mol. The number of aryl methyl sites for hydroxylation is 1.